The van der Waals surface area contributed by atoms with Gasteiger partial charge in [-0.2, -0.15) is 0 Å². The van der Waals surface area contributed by atoms with Crippen molar-refractivity contribution in [2.24, 2.45) is 5.92 Å². The van der Waals surface area contributed by atoms with E-state index in [0.717, 1.165) is 56.9 Å². The number of benzene rings is 2. The van der Waals surface area contributed by atoms with Crippen molar-refractivity contribution >= 4 is 35.3 Å². The second-order valence-electron chi connectivity index (χ2n) is 14.2. The van der Waals surface area contributed by atoms with E-state index in [2.05, 4.69) is 99.2 Å². The molecule has 1 aliphatic carbocycles. The van der Waals surface area contributed by atoms with Gasteiger partial charge in [-0.05, 0) is 66.4 Å². The first-order chi connectivity index (χ1) is 22.1. The molecule has 6 aromatic rings. The van der Waals surface area contributed by atoms with E-state index in [1.807, 2.05) is 43.3 Å². The summed E-state index contributed by atoms with van der Waals surface area (Å²) in [4.78, 5) is 14.0. The van der Waals surface area contributed by atoms with Gasteiger partial charge in [0.25, 0.3) is 0 Å². The molecule has 1 radical (unpaired) electrons. The van der Waals surface area contributed by atoms with Gasteiger partial charge in [-0.1, -0.05) is 93.4 Å². The smallest absolute Gasteiger partial charge is 0.216 e. The molecule has 0 saturated heterocycles. The number of aromatic nitrogens is 3. The van der Waals surface area contributed by atoms with E-state index < -0.39 is 8.07 Å². The molecule has 0 aliphatic heterocycles. The molecule has 7 rings (SSSR count). The van der Waals surface area contributed by atoms with Gasteiger partial charge < -0.3 is 14.4 Å². The third-order valence-electron chi connectivity index (χ3n) is 9.25. The van der Waals surface area contributed by atoms with E-state index >= 15 is 0 Å². The quantitative estimate of drug-likeness (QED) is 0.124. The minimum Gasteiger partial charge on any atom is -0.486 e. The van der Waals surface area contributed by atoms with E-state index in [0.29, 0.717) is 11.6 Å². The summed E-state index contributed by atoms with van der Waals surface area (Å²) in [6.07, 6.45) is 10.8. The van der Waals surface area contributed by atoms with Gasteiger partial charge in [0, 0.05) is 43.6 Å². The van der Waals surface area contributed by atoms with Crippen molar-refractivity contribution < 1.29 is 24.5 Å². The summed E-state index contributed by atoms with van der Waals surface area (Å²) < 4.78 is 6.11. The van der Waals surface area contributed by atoms with Gasteiger partial charge in [-0.3, -0.25) is 0 Å². The molecule has 6 heteroatoms. The fourth-order valence-electron chi connectivity index (χ4n) is 6.64. The Morgan fingerprint density at radius 2 is 1.64 bits per heavy atom. The predicted octanol–water partition coefficient (Wildman–Crippen LogP) is 10.4. The number of nitrogens with zero attached hydrogens (tertiary/aromatic N) is 3. The Labute approximate surface area is 294 Å². The zero-order valence-electron chi connectivity index (χ0n) is 28.7. The molecule has 0 amide bonds. The van der Waals surface area contributed by atoms with Crippen LogP contribution in [0, 0.1) is 31.9 Å². The molecule has 0 spiro atoms. The van der Waals surface area contributed by atoms with Gasteiger partial charge in [-0.25, -0.2) is 4.98 Å². The van der Waals surface area contributed by atoms with Crippen molar-refractivity contribution in [2.45, 2.75) is 85.4 Å². The molecule has 245 valence electrons. The summed E-state index contributed by atoms with van der Waals surface area (Å²) in [5.74, 6) is 1.36. The van der Waals surface area contributed by atoms with Gasteiger partial charge >= 0.3 is 0 Å². The van der Waals surface area contributed by atoms with Crippen LogP contribution in [0.5, 0.6) is 0 Å². The minimum atomic E-state index is -1.34. The van der Waals surface area contributed by atoms with Crippen molar-refractivity contribution in [3.63, 3.8) is 0 Å². The molecule has 47 heavy (non-hydrogen) atoms. The average molecular weight is 816 g/mol. The maximum absolute atomic E-state index is 6.11. The maximum Gasteiger partial charge on any atom is 0.216 e. The third kappa shape index (κ3) is 7.83. The molecule has 4 heterocycles. The number of hydrogen-bond acceptors (Lipinski definition) is 4. The van der Waals surface area contributed by atoms with Crippen LogP contribution >= 0.6 is 0 Å². The van der Waals surface area contributed by atoms with Gasteiger partial charge in [0.05, 0.1) is 13.7 Å². The second-order valence-corrected chi connectivity index (χ2v) is 19.2. The average Bonchev–Trinajstić information content (AvgIpc) is 3.69. The molecule has 4 nitrogen and oxygen atoms in total. The summed E-state index contributed by atoms with van der Waals surface area (Å²) in [6.45, 7) is 15.8. The van der Waals surface area contributed by atoms with Crippen LogP contribution in [0.2, 0.25) is 19.6 Å². The second kappa shape index (κ2) is 14.8. The van der Waals surface area contributed by atoms with E-state index in [1.54, 1.807) is 0 Å². The number of aryl methyl sites for hydroxylation is 2. The molecule has 0 bridgehead atoms. The predicted molar refractivity (Wildman–Crippen MR) is 194 cm³/mol. The summed E-state index contributed by atoms with van der Waals surface area (Å²) in [7, 11) is -1.34. The summed E-state index contributed by atoms with van der Waals surface area (Å²) in [5, 5.41) is 3.59. The van der Waals surface area contributed by atoms with Crippen molar-refractivity contribution in [1.82, 2.24) is 15.0 Å². The molecule has 0 N–H and O–H groups in total. The van der Waals surface area contributed by atoms with Crippen LogP contribution in [0.15, 0.2) is 77.5 Å². The third-order valence-corrected chi connectivity index (χ3v) is 11.3. The molecule has 1 aliphatic rings. The van der Waals surface area contributed by atoms with Crippen LogP contribution in [0.3, 0.4) is 0 Å². The fraction of sp³-hybridized carbons (Fsp3) is 0.341. The Morgan fingerprint density at radius 1 is 0.872 bits per heavy atom. The van der Waals surface area contributed by atoms with Crippen molar-refractivity contribution in [3.8, 4) is 22.5 Å². The zero-order valence-corrected chi connectivity index (χ0v) is 32.1. The van der Waals surface area contributed by atoms with Crippen LogP contribution in [0.4, 0.5) is 0 Å². The molecule has 0 unspecified atom stereocenters. The standard InChI is InChI=1S/C24H23N2O.C17H22NSi.Ir/c1-15-12-22(25-14-18(15)13-17-6-3-4-7-17)21-9-5-8-19-20-11-10-16(2)26-24(20)27-23(19)21;1-13(2)15-11-16(14-9-7-6-8-10-14)18-12-17(15)19(3,4)5;/h5,8,10-12,14,17H,3-4,6-7,13H2,1-2H3;6-9,11-13H,1-5H3;/q2*-1;. The largest absolute Gasteiger partial charge is 0.486 e. The minimum absolute atomic E-state index is 0. The first kappa shape index (κ1) is 34.9. The summed E-state index contributed by atoms with van der Waals surface area (Å²) >= 11 is 0. The number of rotatable bonds is 6. The van der Waals surface area contributed by atoms with Gasteiger partial charge in [0.2, 0.25) is 5.71 Å². The first-order valence-electron chi connectivity index (χ1n) is 16.7. The Balaban J connectivity index is 0.000000192. The monoisotopic (exact) mass is 816 g/mol. The Kier molecular flexibility index (Phi) is 11.0. The Hall–Kier alpha value is -3.44. The molecule has 2 aromatic carbocycles. The Morgan fingerprint density at radius 3 is 2.32 bits per heavy atom. The van der Waals surface area contributed by atoms with Crippen molar-refractivity contribution in [1.29, 1.82) is 0 Å². The fourth-order valence-corrected chi connectivity index (χ4v) is 8.32. The van der Waals surface area contributed by atoms with E-state index in [9.17, 15) is 0 Å². The van der Waals surface area contributed by atoms with Crippen molar-refractivity contribution in [3.05, 3.63) is 108 Å². The van der Waals surface area contributed by atoms with E-state index in [4.69, 9.17) is 9.40 Å². The van der Waals surface area contributed by atoms with Crippen LogP contribution in [-0.2, 0) is 26.5 Å². The Bertz CT molecular complexity index is 1970. The molecule has 4 aromatic heterocycles. The van der Waals surface area contributed by atoms with Gasteiger partial charge in [-0.15, -0.1) is 54.1 Å². The SMILES string of the molecule is CC(C)c1cc(-c2[c-]cccc2)ncc1[Si](C)(C)C.Cc1ccc2c(n1)oc1c(-c3cc(C)c(CC4CCCC4)cn3)[c-]ccc12.[Ir]. The maximum atomic E-state index is 6.11. The summed E-state index contributed by atoms with van der Waals surface area (Å²) in [5.41, 5.74) is 10.5. The molecular formula is C41H45IrN3OSi-2. The van der Waals surface area contributed by atoms with Gasteiger partial charge in [0.15, 0.2) is 0 Å². The first-order valence-corrected chi connectivity index (χ1v) is 20.2. The number of furan rings is 1. The van der Waals surface area contributed by atoms with Crippen LogP contribution in [0.25, 0.3) is 44.6 Å². The molecule has 1 saturated carbocycles. The van der Waals surface area contributed by atoms with E-state index in [1.165, 1.54) is 47.6 Å². The molecular weight excluding hydrogens is 771 g/mol. The van der Waals surface area contributed by atoms with Crippen LogP contribution < -0.4 is 5.19 Å². The molecule has 1 fully saturated rings. The normalized spacial score (nSPS) is 13.5. The van der Waals surface area contributed by atoms with Crippen LogP contribution in [-0.4, -0.2) is 23.0 Å². The number of hydrogen-bond donors (Lipinski definition) is 0. The zero-order chi connectivity index (χ0) is 32.4. The number of pyridine rings is 3. The van der Waals surface area contributed by atoms with Crippen LogP contribution in [0.1, 0.15) is 67.8 Å². The summed E-state index contributed by atoms with van der Waals surface area (Å²) in [6, 6.07) is 27.2. The topological polar surface area (TPSA) is 51.8 Å². The van der Waals surface area contributed by atoms with Gasteiger partial charge in [0.1, 0.15) is 0 Å². The van der Waals surface area contributed by atoms with E-state index in [-0.39, 0.29) is 20.1 Å². The van der Waals surface area contributed by atoms with Crippen molar-refractivity contribution in [2.75, 3.05) is 0 Å². The number of fused-ring (bicyclic) bond motifs is 3. The molecule has 0 atom stereocenters.